The first-order valence-electron chi connectivity index (χ1n) is 8.74. The average Bonchev–Trinajstić information content (AvgIpc) is 3.08. The minimum Gasteiger partial charge on any atom is -0.338 e. The molecule has 0 radical (unpaired) electrons. The van der Waals surface area contributed by atoms with Crippen LogP contribution < -0.4 is 0 Å². The Morgan fingerprint density at radius 1 is 1.20 bits per heavy atom. The smallest absolute Gasteiger partial charge is 0.253 e. The predicted molar refractivity (Wildman–Crippen MR) is 95.5 cm³/mol. The fraction of sp³-hybridized carbons (Fsp3) is 0.500. The van der Waals surface area contributed by atoms with Gasteiger partial charge in [-0.2, -0.15) is 4.98 Å². The summed E-state index contributed by atoms with van der Waals surface area (Å²) in [5.41, 5.74) is 0.676. The van der Waals surface area contributed by atoms with Crippen LogP contribution in [-0.2, 0) is 13.0 Å². The van der Waals surface area contributed by atoms with E-state index >= 15 is 0 Å². The van der Waals surface area contributed by atoms with E-state index in [1.807, 2.05) is 4.90 Å². The summed E-state index contributed by atoms with van der Waals surface area (Å²) in [5.74, 6) is 1.49. The summed E-state index contributed by atoms with van der Waals surface area (Å²) < 4.78 is 5.32. The summed E-state index contributed by atoms with van der Waals surface area (Å²) >= 11 is 5.88. The summed E-state index contributed by atoms with van der Waals surface area (Å²) in [6, 6.07) is 7.04. The standard InChI is InChI=1S/C18H23ClN4O2/c1-2-3-4-16-20-17(25-21-16)13-22-9-11-23(12-10-22)18(24)14-5-7-15(19)8-6-14/h5-8H,2-4,9-13H2,1H3. The van der Waals surface area contributed by atoms with E-state index in [2.05, 4.69) is 22.0 Å². The van der Waals surface area contributed by atoms with Crippen molar-refractivity contribution in [2.24, 2.45) is 0 Å². The second-order valence-corrected chi connectivity index (χ2v) is 6.72. The molecule has 134 valence electrons. The molecule has 2 aromatic rings. The predicted octanol–water partition coefficient (Wildman–Crippen LogP) is 3.02. The molecule has 1 fully saturated rings. The minimum absolute atomic E-state index is 0.0518. The second-order valence-electron chi connectivity index (χ2n) is 6.28. The fourth-order valence-electron chi connectivity index (χ4n) is 2.87. The minimum atomic E-state index is 0.0518. The lowest BCUT2D eigenvalue weighted by Crippen LogP contribution is -2.48. The quantitative estimate of drug-likeness (QED) is 0.790. The van der Waals surface area contributed by atoms with Gasteiger partial charge in [0.15, 0.2) is 5.82 Å². The van der Waals surface area contributed by atoms with E-state index in [1.165, 1.54) is 0 Å². The monoisotopic (exact) mass is 362 g/mol. The molecule has 0 atom stereocenters. The maximum absolute atomic E-state index is 12.5. The fourth-order valence-corrected chi connectivity index (χ4v) is 2.99. The van der Waals surface area contributed by atoms with Gasteiger partial charge in [0.1, 0.15) is 0 Å². The van der Waals surface area contributed by atoms with E-state index in [0.717, 1.165) is 38.2 Å². The molecule has 1 aliphatic rings. The van der Waals surface area contributed by atoms with Gasteiger partial charge in [-0.3, -0.25) is 9.69 Å². The van der Waals surface area contributed by atoms with Crippen LogP contribution in [0.4, 0.5) is 0 Å². The number of carbonyl (C=O) groups is 1. The van der Waals surface area contributed by atoms with E-state index in [-0.39, 0.29) is 5.91 Å². The van der Waals surface area contributed by atoms with Crippen LogP contribution >= 0.6 is 11.6 Å². The zero-order valence-electron chi connectivity index (χ0n) is 14.4. The van der Waals surface area contributed by atoms with Crippen molar-refractivity contribution in [1.29, 1.82) is 0 Å². The van der Waals surface area contributed by atoms with Gasteiger partial charge in [-0.05, 0) is 30.7 Å². The maximum Gasteiger partial charge on any atom is 0.253 e. The third kappa shape index (κ3) is 4.80. The summed E-state index contributed by atoms with van der Waals surface area (Å²) in [5, 5.41) is 4.66. The van der Waals surface area contributed by atoms with Crippen LogP contribution in [0.1, 0.15) is 41.8 Å². The van der Waals surface area contributed by atoms with Crippen molar-refractivity contribution in [1.82, 2.24) is 19.9 Å². The van der Waals surface area contributed by atoms with Crippen LogP contribution in [0.25, 0.3) is 0 Å². The first-order chi connectivity index (χ1) is 12.2. The molecule has 0 aliphatic carbocycles. The molecule has 2 heterocycles. The number of nitrogens with zero attached hydrogens (tertiary/aromatic N) is 4. The summed E-state index contributed by atoms with van der Waals surface area (Å²) in [6.45, 7) is 5.77. The van der Waals surface area contributed by atoms with Gasteiger partial charge in [-0.25, -0.2) is 0 Å². The van der Waals surface area contributed by atoms with Crippen molar-refractivity contribution >= 4 is 17.5 Å². The number of rotatable bonds is 6. The van der Waals surface area contributed by atoms with Crippen molar-refractivity contribution in [3.05, 3.63) is 46.6 Å². The van der Waals surface area contributed by atoms with Crippen molar-refractivity contribution in [2.75, 3.05) is 26.2 Å². The molecule has 1 amide bonds. The molecular weight excluding hydrogens is 340 g/mol. The van der Waals surface area contributed by atoms with Gasteiger partial charge < -0.3 is 9.42 Å². The van der Waals surface area contributed by atoms with E-state index < -0.39 is 0 Å². The van der Waals surface area contributed by atoms with Gasteiger partial charge in [0, 0.05) is 43.2 Å². The molecule has 0 saturated carbocycles. The highest BCUT2D eigenvalue weighted by molar-refractivity contribution is 6.30. The number of hydrogen-bond acceptors (Lipinski definition) is 5. The van der Waals surface area contributed by atoms with Gasteiger partial charge >= 0.3 is 0 Å². The number of halogens is 1. The zero-order valence-corrected chi connectivity index (χ0v) is 15.2. The lowest BCUT2D eigenvalue weighted by Gasteiger charge is -2.34. The Hall–Kier alpha value is -1.92. The highest BCUT2D eigenvalue weighted by atomic mass is 35.5. The Morgan fingerprint density at radius 2 is 1.92 bits per heavy atom. The molecule has 6 nitrogen and oxygen atoms in total. The van der Waals surface area contributed by atoms with Gasteiger partial charge in [-0.1, -0.05) is 30.1 Å². The van der Waals surface area contributed by atoms with Crippen LogP contribution in [0.5, 0.6) is 0 Å². The van der Waals surface area contributed by atoms with Gasteiger partial charge in [0.05, 0.1) is 6.54 Å². The van der Waals surface area contributed by atoms with Crippen molar-refractivity contribution in [3.63, 3.8) is 0 Å². The number of benzene rings is 1. The number of unbranched alkanes of at least 4 members (excludes halogenated alkanes) is 1. The SMILES string of the molecule is CCCCc1noc(CN2CCN(C(=O)c3ccc(Cl)cc3)CC2)n1. The Balaban J connectivity index is 1.49. The molecule has 0 spiro atoms. The van der Waals surface area contributed by atoms with Crippen molar-refractivity contribution in [3.8, 4) is 0 Å². The van der Waals surface area contributed by atoms with Crippen LogP contribution in [0.2, 0.25) is 5.02 Å². The second kappa shape index (κ2) is 8.45. The molecule has 3 rings (SSSR count). The van der Waals surface area contributed by atoms with E-state index in [0.29, 0.717) is 36.1 Å². The highest BCUT2D eigenvalue weighted by Gasteiger charge is 2.23. The molecule has 0 bridgehead atoms. The number of hydrogen-bond donors (Lipinski definition) is 0. The van der Waals surface area contributed by atoms with Crippen molar-refractivity contribution < 1.29 is 9.32 Å². The largest absolute Gasteiger partial charge is 0.338 e. The molecule has 7 heteroatoms. The van der Waals surface area contributed by atoms with Gasteiger partial charge in [0.25, 0.3) is 5.91 Å². The van der Waals surface area contributed by atoms with Crippen LogP contribution in [0.15, 0.2) is 28.8 Å². The molecule has 1 aliphatic heterocycles. The highest BCUT2D eigenvalue weighted by Crippen LogP contribution is 2.14. The number of carbonyl (C=O) groups excluding carboxylic acids is 1. The third-order valence-electron chi connectivity index (χ3n) is 4.37. The lowest BCUT2D eigenvalue weighted by atomic mass is 10.2. The van der Waals surface area contributed by atoms with Crippen LogP contribution in [0.3, 0.4) is 0 Å². The topological polar surface area (TPSA) is 62.5 Å². The molecule has 1 aromatic carbocycles. The number of piperazine rings is 1. The normalized spacial score (nSPS) is 15.5. The van der Waals surface area contributed by atoms with Crippen LogP contribution in [0, 0.1) is 0 Å². The summed E-state index contributed by atoms with van der Waals surface area (Å²) in [6.07, 6.45) is 3.06. The molecule has 0 N–H and O–H groups in total. The molecule has 1 aromatic heterocycles. The third-order valence-corrected chi connectivity index (χ3v) is 4.63. The van der Waals surface area contributed by atoms with Crippen molar-refractivity contribution in [2.45, 2.75) is 32.7 Å². The van der Waals surface area contributed by atoms with Crippen LogP contribution in [-0.4, -0.2) is 52.0 Å². The first-order valence-corrected chi connectivity index (χ1v) is 9.12. The van der Waals surface area contributed by atoms with Gasteiger partial charge in [0.2, 0.25) is 5.89 Å². The lowest BCUT2D eigenvalue weighted by molar-refractivity contribution is 0.0615. The Labute approximate surface area is 152 Å². The molecule has 1 saturated heterocycles. The summed E-state index contributed by atoms with van der Waals surface area (Å²) in [4.78, 5) is 21.1. The number of aryl methyl sites for hydroxylation is 1. The van der Waals surface area contributed by atoms with Gasteiger partial charge in [-0.15, -0.1) is 0 Å². The average molecular weight is 363 g/mol. The first kappa shape index (κ1) is 17.9. The Morgan fingerprint density at radius 3 is 2.60 bits per heavy atom. The molecule has 25 heavy (non-hydrogen) atoms. The summed E-state index contributed by atoms with van der Waals surface area (Å²) in [7, 11) is 0. The number of aromatic nitrogens is 2. The van der Waals surface area contributed by atoms with E-state index in [4.69, 9.17) is 16.1 Å². The Kier molecular flexibility index (Phi) is 6.04. The number of amides is 1. The molecule has 0 unspecified atom stereocenters. The maximum atomic E-state index is 12.5. The zero-order chi connectivity index (χ0) is 17.6. The Bertz CT molecular complexity index is 693. The van der Waals surface area contributed by atoms with E-state index in [1.54, 1.807) is 24.3 Å². The molecular formula is C18H23ClN4O2. The van der Waals surface area contributed by atoms with E-state index in [9.17, 15) is 4.79 Å².